The molecule has 0 aromatic heterocycles. The van der Waals surface area contributed by atoms with Gasteiger partial charge in [-0.1, -0.05) is 90.9 Å². The van der Waals surface area contributed by atoms with Crippen molar-refractivity contribution < 1.29 is 5.11 Å². The first-order valence-electron chi connectivity index (χ1n) is 9.38. The van der Waals surface area contributed by atoms with Crippen molar-refractivity contribution >= 4 is 0 Å². The molecule has 1 unspecified atom stereocenters. The van der Waals surface area contributed by atoms with E-state index in [1.807, 2.05) is 6.92 Å². The van der Waals surface area contributed by atoms with E-state index in [1.165, 1.54) is 89.9 Å². The van der Waals surface area contributed by atoms with Crippen LogP contribution in [0, 0.1) is 5.92 Å². The third kappa shape index (κ3) is 13.0. The minimum absolute atomic E-state index is 0.360. The lowest BCUT2D eigenvalue weighted by atomic mass is 9.90. The van der Waals surface area contributed by atoms with Gasteiger partial charge in [0.2, 0.25) is 0 Å². The molecule has 1 radical (unpaired) electrons. The summed E-state index contributed by atoms with van der Waals surface area (Å²) >= 11 is 0. The molecule has 121 valence electrons. The van der Waals surface area contributed by atoms with E-state index in [9.17, 15) is 5.11 Å². The van der Waals surface area contributed by atoms with Crippen molar-refractivity contribution in [1.82, 2.24) is 0 Å². The van der Waals surface area contributed by atoms with Crippen molar-refractivity contribution in [2.45, 2.75) is 117 Å². The normalized spacial score (nSPS) is 13.1. The summed E-state index contributed by atoms with van der Waals surface area (Å²) in [5.74, 6) is 0.437. The first kappa shape index (κ1) is 20.0. The van der Waals surface area contributed by atoms with Crippen LogP contribution in [0.4, 0.5) is 0 Å². The predicted molar refractivity (Wildman–Crippen MR) is 89.6 cm³/mol. The van der Waals surface area contributed by atoms with Crippen molar-refractivity contribution in [1.29, 1.82) is 0 Å². The second kappa shape index (κ2) is 15.4. The summed E-state index contributed by atoms with van der Waals surface area (Å²) in [6.45, 7) is 6.39. The standard InChI is InChI=1S/C19H39O/c1-4-6-8-10-12-14-16-19(18(3)20)17-15-13-11-9-7-5-2/h18-19H,4-17H2,1-3H3. The lowest BCUT2D eigenvalue weighted by Crippen LogP contribution is -2.15. The van der Waals surface area contributed by atoms with Gasteiger partial charge in [0.15, 0.2) is 0 Å². The summed E-state index contributed by atoms with van der Waals surface area (Å²) < 4.78 is 0. The summed E-state index contributed by atoms with van der Waals surface area (Å²) in [6.07, 6.45) is 18.1. The Morgan fingerprint density at radius 3 is 1.30 bits per heavy atom. The molecular formula is C19H39O. The van der Waals surface area contributed by atoms with Crippen LogP contribution in [0.15, 0.2) is 0 Å². The summed E-state index contributed by atoms with van der Waals surface area (Å²) in [4.78, 5) is 0. The number of hydrogen-bond donors (Lipinski definition) is 0. The van der Waals surface area contributed by atoms with Crippen LogP contribution in [0.1, 0.15) is 111 Å². The third-order valence-electron chi connectivity index (χ3n) is 4.52. The van der Waals surface area contributed by atoms with Crippen LogP contribution in [0.25, 0.3) is 0 Å². The van der Waals surface area contributed by atoms with Crippen LogP contribution in [0.3, 0.4) is 0 Å². The highest BCUT2D eigenvalue weighted by molar-refractivity contribution is 4.65. The largest absolute Gasteiger partial charge is 0.233 e. The van der Waals surface area contributed by atoms with Gasteiger partial charge in [0.1, 0.15) is 0 Å². The maximum Gasteiger partial charge on any atom is 0.0930 e. The first-order valence-corrected chi connectivity index (χ1v) is 9.38. The lowest BCUT2D eigenvalue weighted by Gasteiger charge is -2.18. The van der Waals surface area contributed by atoms with Gasteiger partial charge in [-0.3, -0.25) is 0 Å². The summed E-state index contributed by atoms with van der Waals surface area (Å²) in [5, 5.41) is 11.8. The Bertz CT molecular complexity index is 161. The lowest BCUT2D eigenvalue weighted by molar-refractivity contribution is 0.0424. The number of hydrogen-bond acceptors (Lipinski definition) is 0. The first-order chi connectivity index (χ1) is 9.72. The highest BCUT2D eigenvalue weighted by Gasteiger charge is 2.15. The second-order valence-electron chi connectivity index (χ2n) is 6.58. The fourth-order valence-electron chi connectivity index (χ4n) is 2.99. The van der Waals surface area contributed by atoms with E-state index in [4.69, 9.17) is 0 Å². The van der Waals surface area contributed by atoms with E-state index in [0.29, 0.717) is 5.92 Å². The molecule has 0 aliphatic carbocycles. The number of unbranched alkanes of at least 4 members (excludes halogenated alkanes) is 10. The van der Waals surface area contributed by atoms with E-state index < -0.39 is 0 Å². The Labute approximate surface area is 128 Å². The van der Waals surface area contributed by atoms with Crippen LogP contribution in [-0.4, -0.2) is 6.10 Å². The molecule has 0 saturated heterocycles. The quantitative estimate of drug-likeness (QED) is 0.291. The molecule has 20 heavy (non-hydrogen) atoms. The second-order valence-corrected chi connectivity index (χ2v) is 6.58. The third-order valence-corrected chi connectivity index (χ3v) is 4.52. The average Bonchev–Trinajstić information content (AvgIpc) is 2.43. The van der Waals surface area contributed by atoms with Gasteiger partial charge in [-0.2, -0.15) is 0 Å². The predicted octanol–water partition coefficient (Wildman–Crippen LogP) is 6.92. The maximum atomic E-state index is 11.8. The molecule has 0 aliphatic rings. The SMILES string of the molecule is CCCCCCCCC(CCCCCCCC)C(C)[O]. The smallest absolute Gasteiger partial charge is 0.0930 e. The Kier molecular flexibility index (Phi) is 15.3. The minimum Gasteiger partial charge on any atom is -0.233 e. The van der Waals surface area contributed by atoms with Gasteiger partial charge in [0.25, 0.3) is 0 Å². The maximum absolute atomic E-state index is 11.8. The van der Waals surface area contributed by atoms with Crippen LogP contribution in [0.2, 0.25) is 0 Å². The average molecular weight is 284 g/mol. The van der Waals surface area contributed by atoms with Gasteiger partial charge in [-0.25, -0.2) is 5.11 Å². The summed E-state index contributed by atoms with van der Waals surface area (Å²) in [6, 6.07) is 0. The molecule has 0 fully saturated rings. The fraction of sp³-hybridized carbons (Fsp3) is 1.00. The topological polar surface area (TPSA) is 19.9 Å². The molecule has 0 heterocycles. The molecule has 0 bridgehead atoms. The minimum atomic E-state index is -0.360. The monoisotopic (exact) mass is 283 g/mol. The van der Waals surface area contributed by atoms with Gasteiger partial charge < -0.3 is 0 Å². The molecule has 0 aromatic carbocycles. The van der Waals surface area contributed by atoms with Crippen molar-refractivity contribution in [2.75, 3.05) is 0 Å². The van der Waals surface area contributed by atoms with E-state index in [-0.39, 0.29) is 6.10 Å². The zero-order valence-electron chi connectivity index (χ0n) is 14.5. The van der Waals surface area contributed by atoms with Gasteiger partial charge >= 0.3 is 0 Å². The van der Waals surface area contributed by atoms with E-state index in [0.717, 1.165) is 0 Å². The molecule has 0 amide bonds. The molecule has 1 nitrogen and oxygen atoms in total. The van der Waals surface area contributed by atoms with Gasteiger partial charge in [0, 0.05) is 0 Å². The van der Waals surface area contributed by atoms with Gasteiger partial charge in [0.05, 0.1) is 6.10 Å². The summed E-state index contributed by atoms with van der Waals surface area (Å²) in [7, 11) is 0. The van der Waals surface area contributed by atoms with Crippen LogP contribution >= 0.6 is 0 Å². The Hall–Kier alpha value is -0.0400. The van der Waals surface area contributed by atoms with Crippen molar-refractivity contribution in [3.63, 3.8) is 0 Å². The highest BCUT2D eigenvalue weighted by Crippen LogP contribution is 2.22. The van der Waals surface area contributed by atoms with Gasteiger partial charge in [-0.05, 0) is 25.7 Å². The fourth-order valence-corrected chi connectivity index (χ4v) is 2.99. The Balaban J connectivity index is 3.51. The van der Waals surface area contributed by atoms with E-state index in [1.54, 1.807) is 0 Å². The van der Waals surface area contributed by atoms with Crippen molar-refractivity contribution in [3.8, 4) is 0 Å². The molecule has 0 saturated carbocycles. The van der Waals surface area contributed by atoms with Crippen LogP contribution < -0.4 is 0 Å². The Morgan fingerprint density at radius 1 is 0.600 bits per heavy atom. The summed E-state index contributed by atoms with van der Waals surface area (Å²) in [5.41, 5.74) is 0. The van der Waals surface area contributed by atoms with Crippen molar-refractivity contribution in [3.05, 3.63) is 0 Å². The highest BCUT2D eigenvalue weighted by atomic mass is 16.3. The molecule has 0 spiro atoms. The van der Waals surface area contributed by atoms with Gasteiger partial charge in [-0.15, -0.1) is 0 Å². The molecule has 0 rings (SSSR count). The van der Waals surface area contributed by atoms with Crippen LogP contribution in [-0.2, 0) is 5.11 Å². The van der Waals surface area contributed by atoms with E-state index >= 15 is 0 Å². The van der Waals surface area contributed by atoms with Crippen molar-refractivity contribution in [2.24, 2.45) is 5.92 Å². The molecule has 0 aromatic rings. The molecule has 1 atom stereocenters. The zero-order chi connectivity index (χ0) is 15.1. The number of rotatable bonds is 15. The molecule has 0 N–H and O–H groups in total. The molecular weight excluding hydrogens is 244 g/mol. The zero-order valence-corrected chi connectivity index (χ0v) is 14.5. The Morgan fingerprint density at radius 2 is 0.950 bits per heavy atom. The molecule has 1 heteroatoms. The van der Waals surface area contributed by atoms with E-state index in [2.05, 4.69) is 13.8 Å². The molecule has 0 aliphatic heterocycles. The van der Waals surface area contributed by atoms with Crippen LogP contribution in [0.5, 0.6) is 0 Å².